The van der Waals surface area contributed by atoms with Crippen LogP contribution in [0.5, 0.6) is 11.5 Å². The number of hydrogen-bond donors (Lipinski definition) is 2. The van der Waals surface area contributed by atoms with Gasteiger partial charge in [0.1, 0.15) is 23.2 Å². The van der Waals surface area contributed by atoms with Gasteiger partial charge in [0.2, 0.25) is 5.60 Å². The van der Waals surface area contributed by atoms with Gasteiger partial charge in [-0.1, -0.05) is 12.2 Å². The van der Waals surface area contributed by atoms with Crippen LogP contribution in [0.4, 0.5) is 0 Å². The van der Waals surface area contributed by atoms with Gasteiger partial charge in [-0.15, -0.1) is 0 Å². The van der Waals surface area contributed by atoms with Crippen molar-refractivity contribution >= 4 is 11.8 Å². The van der Waals surface area contributed by atoms with E-state index in [1.54, 1.807) is 19.1 Å². The van der Waals surface area contributed by atoms with E-state index < -0.39 is 29.4 Å². The molecule has 0 amide bonds. The molecule has 0 saturated carbocycles. The number of esters is 1. The monoisotopic (exact) mass is 304 g/mol. The number of rotatable bonds is 1. The molecule has 1 aromatic carbocycles. The van der Waals surface area contributed by atoms with Gasteiger partial charge < -0.3 is 19.7 Å². The predicted molar refractivity (Wildman–Crippen MR) is 75.8 cm³/mol. The van der Waals surface area contributed by atoms with Gasteiger partial charge >= 0.3 is 5.97 Å². The van der Waals surface area contributed by atoms with Crippen LogP contribution in [0.15, 0.2) is 24.3 Å². The second-order valence-electron chi connectivity index (χ2n) is 5.57. The van der Waals surface area contributed by atoms with Crippen molar-refractivity contribution in [2.75, 3.05) is 7.11 Å². The van der Waals surface area contributed by atoms with E-state index in [4.69, 9.17) is 9.47 Å². The molecule has 6 nitrogen and oxygen atoms in total. The number of ketones is 1. The number of fused-ring (bicyclic) bond motifs is 2. The summed E-state index contributed by atoms with van der Waals surface area (Å²) in [6.07, 6.45) is 1.95. The molecule has 1 heterocycles. The highest BCUT2D eigenvalue weighted by atomic mass is 16.6. The van der Waals surface area contributed by atoms with E-state index in [-0.39, 0.29) is 23.5 Å². The van der Waals surface area contributed by atoms with Crippen molar-refractivity contribution in [3.05, 3.63) is 35.4 Å². The third-order valence-corrected chi connectivity index (χ3v) is 4.22. The summed E-state index contributed by atoms with van der Waals surface area (Å²) in [5.74, 6) is -2.30. The number of benzene rings is 1. The molecular weight excluding hydrogens is 288 g/mol. The van der Waals surface area contributed by atoms with E-state index >= 15 is 0 Å². The van der Waals surface area contributed by atoms with E-state index in [1.807, 2.05) is 0 Å². The van der Waals surface area contributed by atoms with Gasteiger partial charge in [0.05, 0.1) is 13.0 Å². The highest BCUT2D eigenvalue weighted by molar-refractivity contribution is 6.08. The number of aliphatic hydroxyl groups excluding tert-OH is 1. The van der Waals surface area contributed by atoms with E-state index in [0.717, 1.165) is 0 Å². The molecule has 3 rings (SSSR count). The van der Waals surface area contributed by atoms with Crippen molar-refractivity contribution < 1.29 is 29.3 Å². The SMILES string of the molecule is COC(=O)[C@]12Oc3cc(C)cc(O)c3C(=O)[C@@H]1CC=C[C@H]2O. The first-order valence-electron chi connectivity index (χ1n) is 6.91. The molecule has 1 aliphatic carbocycles. The molecule has 3 atom stereocenters. The van der Waals surface area contributed by atoms with Gasteiger partial charge in [0.15, 0.2) is 5.78 Å². The van der Waals surface area contributed by atoms with Gasteiger partial charge in [0, 0.05) is 0 Å². The van der Waals surface area contributed by atoms with E-state index in [0.29, 0.717) is 5.56 Å². The molecule has 1 aromatic rings. The summed E-state index contributed by atoms with van der Waals surface area (Å²) in [6, 6.07) is 3.01. The Hall–Kier alpha value is -2.34. The third-order valence-electron chi connectivity index (χ3n) is 4.22. The Morgan fingerprint density at radius 1 is 1.45 bits per heavy atom. The van der Waals surface area contributed by atoms with Crippen LogP contribution >= 0.6 is 0 Å². The molecule has 0 saturated heterocycles. The molecule has 0 fully saturated rings. The lowest BCUT2D eigenvalue weighted by molar-refractivity contribution is -0.174. The molecule has 1 aliphatic heterocycles. The van der Waals surface area contributed by atoms with Crippen LogP contribution in [0, 0.1) is 12.8 Å². The number of methoxy groups -OCH3 is 1. The van der Waals surface area contributed by atoms with Crippen molar-refractivity contribution in [1.82, 2.24) is 0 Å². The maximum absolute atomic E-state index is 12.8. The van der Waals surface area contributed by atoms with Crippen molar-refractivity contribution in [3.63, 3.8) is 0 Å². The van der Waals surface area contributed by atoms with Crippen molar-refractivity contribution in [2.24, 2.45) is 5.92 Å². The molecule has 2 N–H and O–H groups in total. The molecule has 0 spiro atoms. The van der Waals surface area contributed by atoms with Crippen molar-refractivity contribution in [1.29, 1.82) is 0 Å². The number of aromatic hydroxyl groups is 1. The Morgan fingerprint density at radius 3 is 2.86 bits per heavy atom. The minimum atomic E-state index is -1.81. The second-order valence-corrected chi connectivity index (χ2v) is 5.57. The molecule has 116 valence electrons. The molecule has 2 aliphatic rings. The summed E-state index contributed by atoms with van der Waals surface area (Å²) >= 11 is 0. The normalized spacial score (nSPS) is 29.3. The number of carbonyl (C=O) groups is 2. The summed E-state index contributed by atoms with van der Waals surface area (Å²) in [4.78, 5) is 25.1. The summed E-state index contributed by atoms with van der Waals surface area (Å²) in [5, 5.41) is 20.4. The van der Waals surface area contributed by atoms with Gasteiger partial charge in [-0.25, -0.2) is 4.79 Å². The Kier molecular flexibility index (Phi) is 3.21. The molecule has 0 aromatic heterocycles. The highest BCUT2D eigenvalue weighted by Gasteiger charge is 2.61. The van der Waals surface area contributed by atoms with Crippen LogP contribution in [0.25, 0.3) is 0 Å². The molecule has 0 unspecified atom stereocenters. The maximum atomic E-state index is 12.8. The number of phenols is 1. The first-order chi connectivity index (χ1) is 10.4. The fourth-order valence-electron chi connectivity index (χ4n) is 3.18. The van der Waals surface area contributed by atoms with Gasteiger partial charge in [-0.2, -0.15) is 0 Å². The Morgan fingerprint density at radius 2 is 2.18 bits per heavy atom. The largest absolute Gasteiger partial charge is 0.507 e. The Labute approximate surface area is 127 Å². The first-order valence-corrected chi connectivity index (χ1v) is 6.91. The molecule has 22 heavy (non-hydrogen) atoms. The van der Waals surface area contributed by atoms with Gasteiger partial charge in [-0.05, 0) is 31.0 Å². The number of phenolic OH excluding ortho intramolecular Hbond substituents is 1. The zero-order valence-electron chi connectivity index (χ0n) is 12.2. The number of allylic oxidation sites excluding steroid dienone is 1. The van der Waals surface area contributed by atoms with Crippen LogP contribution in [-0.4, -0.2) is 40.8 Å². The van der Waals surface area contributed by atoms with Gasteiger partial charge in [0.25, 0.3) is 0 Å². The fourth-order valence-corrected chi connectivity index (χ4v) is 3.18. The van der Waals surface area contributed by atoms with E-state index in [2.05, 4.69) is 0 Å². The van der Waals surface area contributed by atoms with Crippen molar-refractivity contribution in [3.8, 4) is 11.5 Å². The highest BCUT2D eigenvalue weighted by Crippen LogP contribution is 2.46. The van der Waals surface area contributed by atoms with Crippen LogP contribution in [-0.2, 0) is 9.53 Å². The topological polar surface area (TPSA) is 93.1 Å². The predicted octanol–water partition coefficient (Wildman–Crippen LogP) is 1.12. The Balaban J connectivity index is 2.24. The van der Waals surface area contributed by atoms with Crippen LogP contribution < -0.4 is 4.74 Å². The van der Waals surface area contributed by atoms with Crippen LogP contribution in [0.3, 0.4) is 0 Å². The lowest BCUT2D eigenvalue weighted by atomic mass is 9.71. The van der Waals surface area contributed by atoms with E-state index in [9.17, 15) is 19.8 Å². The van der Waals surface area contributed by atoms with E-state index in [1.165, 1.54) is 19.3 Å². The number of carbonyl (C=O) groups excluding carboxylic acids is 2. The maximum Gasteiger partial charge on any atom is 0.354 e. The smallest absolute Gasteiger partial charge is 0.354 e. The lowest BCUT2D eigenvalue weighted by Crippen LogP contribution is -2.64. The average molecular weight is 304 g/mol. The number of hydrogen-bond acceptors (Lipinski definition) is 6. The zero-order chi connectivity index (χ0) is 16.1. The van der Waals surface area contributed by atoms with Crippen molar-refractivity contribution in [2.45, 2.75) is 25.0 Å². The number of aliphatic hydroxyl groups is 1. The standard InChI is InChI=1S/C16H16O6/c1-8-6-10(17)13-11(7-8)22-16(15(20)21-2)9(14(13)19)4-3-5-12(16)18/h3,5-7,9,12,17-18H,4H2,1-2H3/t9-,12+,16-/m0/s1. The summed E-state index contributed by atoms with van der Waals surface area (Å²) in [6.45, 7) is 1.72. The first kappa shape index (κ1) is 14.6. The molecule has 6 heteroatoms. The number of aryl methyl sites for hydroxylation is 1. The fraction of sp³-hybridized carbons (Fsp3) is 0.375. The summed E-state index contributed by atoms with van der Waals surface area (Å²) in [5.41, 5.74) is -1.10. The minimum absolute atomic E-state index is 0.0395. The number of ether oxygens (including phenoxy) is 2. The summed E-state index contributed by atoms with van der Waals surface area (Å²) < 4.78 is 10.5. The molecular formula is C16H16O6. The number of Topliss-reactive ketones (excluding diaryl/α,β-unsaturated/α-hetero) is 1. The third kappa shape index (κ3) is 1.77. The van der Waals surface area contributed by atoms with Crippen LogP contribution in [0.1, 0.15) is 22.3 Å². The summed E-state index contributed by atoms with van der Waals surface area (Å²) in [7, 11) is 1.18. The van der Waals surface area contributed by atoms with Gasteiger partial charge in [-0.3, -0.25) is 4.79 Å². The zero-order valence-corrected chi connectivity index (χ0v) is 12.2. The lowest BCUT2D eigenvalue weighted by Gasteiger charge is -2.44. The minimum Gasteiger partial charge on any atom is -0.507 e. The molecule has 0 radical (unpaired) electrons. The Bertz CT molecular complexity index is 692. The quantitative estimate of drug-likeness (QED) is 0.596. The second kappa shape index (κ2) is 4.84. The van der Waals surface area contributed by atoms with Crippen LogP contribution in [0.2, 0.25) is 0 Å². The molecule has 0 bridgehead atoms. The average Bonchev–Trinajstić information content (AvgIpc) is 2.47.